The van der Waals surface area contributed by atoms with Gasteiger partial charge in [-0.25, -0.2) is 14.3 Å². The van der Waals surface area contributed by atoms with Crippen molar-refractivity contribution < 1.29 is 82.5 Å². The molecular formula is C60H77N18O16+. The van der Waals surface area contributed by atoms with Gasteiger partial charge in [-0.1, -0.05) is 68.4 Å². The minimum atomic E-state index is -2.06. The zero-order chi connectivity index (χ0) is 68.7. The number of primary amides is 2. The third-order valence-corrected chi connectivity index (χ3v) is 15.8. The molecule has 25 N–H and O–H groups in total. The monoisotopic (exact) mass is 1310 g/mol. The van der Waals surface area contributed by atoms with E-state index in [1.807, 2.05) is 0 Å². The van der Waals surface area contributed by atoms with Crippen molar-refractivity contribution in [2.45, 2.75) is 125 Å². The minimum absolute atomic E-state index is 0.0231. The number of carbonyl (C=O) groups is 12. The fourth-order valence-electron chi connectivity index (χ4n) is 10.9. The number of aliphatic carboxylic acids is 1. The second-order valence-electron chi connectivity index (χ2n) is 23.0. The number of carbonyl (C=O) groups excluding carboxylic acids is 11. The van der Waals surface area contributed by atoms with E-state index in [4.69, 9.17) is 28.7 Å². The van der Waals surface area contributed by atoms with E-state index in [1.54, 1.807) is 30.3 Å². The normalized spacial score (nSPS) is 22.2. The summed E-state index contributed by atoms with van der Waals surface area (Å²) in [4.78, 5) is 177. The maximum absolute atomic E-state index is 15.0. The summed E-state index contributed by atoms with van der Waals surface area (Å²) in [5, 5.41) is 64.4. The molecule has 0 unspecified atom stereocenters. The molecule has 0 aliphatic carbocycles. The number of fused-ring (bicyclic) bond motifs is 14. The van der Waals surface area contributed by atoms with E-state index < -0.39 is 175 Å². The van der Waals surface area contributed by atoms with Crippen molar-refractivity contribution in [3.8, 4) is 5.75 Å². The first-order valence-electron chi connectivity index (χ1n) is 29.7. The van der Waals surface area contributed by atoms with Crippen molar-refractivity contribution in [3.63, 3.8) is 0 Å². The van der Waals surface area contributed by atoms with Gasteiger partial charge in [-0.3, -0.25) is 57.7 Å². The Morgan fingerprint density at radius 2 is 1.31 bits per heavy atom. The number of aliphatic imine (C=N–C) groups is 1. The average molecular weight is 1310 g/mol. The van der Waals surface area contributed by atoms with E-state index >= 15 is 0 Å². The molecule has 8 rings (SSSR count). The Morgan fingerprint density at radius 3 is 1.93 bits per heavy atom. The van der Waals surface area contributed by atoms with Crippen molar-refractivity contribution in [1.29, 1.82) is 0 Å². The van der Waals surface area contributed by atoms with Crippen molar-refractivity contribution in [2.75, 3.05) is 19.8 Å². The number of hydrogen-bond donors (Lipinski definition) is 20. The number of aliphatic hydroxyl groups is 2. The number of H-pyrrole nitrogens is 2. The standard InChI is InChI=1S/C60H76N18O16/c1-27(2)45(75-57(91)46-44(49(63)83)30-12-15-34-31(22-67-37(34)19-30)18-35(61)50(84)70-39(21-43(62)82)53(87)74-41(24-79)54(88)76-46)56(90)71-38-20-32-23-78(26-68-32)48(29-10-13-33(81)14-11-29)47(77-55(89)42(25-80)73-52(38)86)58(92)69-36(9-6-16-66-60(64)65)51(85)72-40(59(93)94)17-28-7-4-3-5-8-28/h3-5,7-8,10-15,19,22-23,26-27,35-36,38-42,44-48,67,79-80H,6,9,16-18,20-21,24-25,61H2,1-2H3,(H19,62,63,64,65,66,69,70,71,72,73,74,75,76,77,81,82,83,84,85,86,87,88,89,90,91,92,93,94)/p+1/t35-,36-,38-,39-,40-,41-,42-,44+,45-,46-,47-,48+/m0/s1. The molecule has 3 aliphatic rings. The number of carboxylic acid groups (broad SMARTS) is 1. The Balaban J connectivity index is 1.21. The topological polar surface area (TPSA) is 572 Å². The largest absolute Gasteiger partial charge is 0.508 e. The second-order valence-corrected chi connectivity index (χ2v) is 23.0. The van der Waals surface area contributed by atoms with E-state index in [9.17, 15) is 78.0 Å². The Hall–Kier alpha value is -11.0. The lowest BCUT2D eigenvalue weighted by molar-refractivity contribution is -0.713. The second kappa shape index (κ2) is 31.8. The number of aromatic hydroxyl groups is 1. The highest BCUT2D eigenvalue weighted by molar-refractivity contribution is 6.02. The smallest absolute Gasteiger partial charge is 0.326 e. The maximum Gasteiger partial charge on any atom is 0.326 e. The molecule has 94 heavy (non-hydrogen) atoms. The van der Waals surface area contributed by atoms with Gasteiger partial charge >= 0.3 is 5.97 Å². The molecule has 3 aromatic carbocycles. The molecule has 0 spiro atoms. The summed E-state index contributed by atoms with van der Waals surface area (Å²) in [5.41, 5.74) is 30.6. The molecule has 11 amide bonds. The van der Waals surface area contributed by atoms with E-state index in [-0.39, 0.29) is 60.8 Å². The zero-order valence-electron chi connectivity index (χ0n) is 51.0. The number of phenols is 1. The summed E-state index contributed by atoms with van der Waals surface area (Å²) in [5.74, 6) is -16.7. The predicted molar refractivity (Wildman–Crippen MR) is 331 cm³/mol. The number of phenolic OH excluding ortho intramolecular Hbond substituents is 1. The van der Waals surface area contributed by atoms with Crippen molar-refractivity contribution in [3.05, 3.63) is 119 Å². The van der Waals surface area contributed by atoms with Gasteiger partial charge in [0.25, 0.3) is 0 Å². The molecule has 5 heterocycles. The summed E-state index contributed by atoms with van der Waals surface area (Å²) in [6, 6.07) is -0.0837. The summed E-state index contributed by atoms with van der Waals surface area (Å²) >= 11 is 0. The van der Waals surface area contributed by atoms with E-state index in [1.165, 1.54) is 79.6 Å². The Morgan fingerprint density at radius 1 is 0.691 bits per heavy atom. The highest BCUT2D eigenvalue weighted by Gasteiger charge is 2.44. The molecule has 0 saturated carbocycles. The lowest BCUT2D eigenvalue weighted by atomic mass is 9.88. The first-order chi connectivity index (χ1) is 44.7. The number of aromatic nitrogens is 3. The van der Waals surface area contributed by atoms with Gasteiger partial charge in [0.2, 0.25) is 71.3 Å². The van der Waals surface area contributed by atoms with E-state index in [2.05, 4.69) is 62.8 Å². The Bertz CT molecular complexity index is 3670. The lowest BCUT2D eigenvalue weighted by Gasteiger charge is -2.31. The van der Waals surface area contributed by atoms with Crippen LogP contribution in [0.4, 0.5) is 0 Å². The van der Waals surface area contributed by atoms with Gasteiger partial charge in [0.1, 0.15) is 66.0 Å². The Kier molecular flexibility index (Phi) is 23.9. The van der Waals surface area contributed by atoms with E-state index in [0.29, 0.717) is 22.0 Å². The van der Waals surface area contributed by atoms with Crippen LogP contribution in [-0.4, -0.2) is 187 Å². The van der Waals surface area contributed by atoms with Gasteiger partial charge in [0, 0.05) is 36.5 Å². The fraction of sp³-hybridized carbons (Fsp3) is 0.400. The van der Waals surface area contributed by atoms with Crippen LogP contribution in [0.3, 0.4) is 0 Å². The van der Waals surface area contributed by atoms with Crippen molar-refractivity contribution >= 4 is 87.8 Å². The lowest BCUT2D eigenvalue weighted by Crippen LogP contribution is -2.65. The van der Waals surface area contributed by atoms with Gasteiger partial charge < -0.3 is 102 Å². The van der Waals surface area contributed by atoms with Gasteiger partial charge in [-0.05, 0) is 65.6 Å². The summed E-state index contributed by atoms with van der Waals surface area (Å²) in [6.07, 6.45) is 2.69. The highest BCUT2D eigenvalue weighted by atomic mass is 16.4. The van der Waals surface area contributed by atoms with Crippen LogP contribution in [0.1, 0.15) is 73.0 Å². The average Bonchev–Trinajstić information content (AvgIpc) is 1.50. The zero-order valence-corrected chi connectivity index (χ0v) is 51.0. The van der Waals surface area contributed by atoms with Gasteiger partial charge in [-0.15, -0.1) is 0 Å². The first-order valence-corrected chi connectivity index (χ1v) is 29.7. The van der Waals surface area contributed by atoms with Gasteiger partial charge in [-0.2, -0.15) is 0 Å². The van der Waals surface area contributed by atoms with Crippen LogP contribution in [0.5, 0.6) is 5.75 Å². The summed E-state index contributed by atoms with van der Waals surface area (Å²) in [6.45, 7) is 0.693. The number of rotatable bonds is 22. The number of nitrogens with one attached hydrogen (secondary N) is 11. The molecule has 3 aliphatic heterocycles. The number of benzene rings is 3. The molecule has 0 saturated heterocycles. The SMILES string of the molecule is CC(C)[C@H](NC(=O)[C@H]1NC(=O)[C@H](CO)NC(=O)[C@H](CC(N)=O)NC(=O)[C@@H](N)Cc2c[nH]c3cc(ccc23)[C@H]1C(N)=O)C(=O)N[C@H]1Cc2c[n+](c[nH]2)[C@H](c2ccc(O)cc2)[C@@H](C(=O)N[C@@H](CCCN=C(N)N)C(=O)N[C@@H](Cc2ccccc2)C(=O)O)NC(=O)[C@H](CO)NC1=O. The number of nitrogens with zero attached hydrogens (tertiary/aromatic N) is 2. The number of hydrogen-bond acceptors (Lipinski definition) is 17. The van der Waals surface area contributed by atoms with Crippen LogP contribution in [0.25, 0.3) is 10.9 Å². The van der Waals surface area contributed by atoms with Crippen LogP contribution in [-0.2, 0) is 76.8 Å². The first kappa shape index (κ1) is 70.5. The molecule has 34 heteroatoms. The van der Waals surface area contributed by atoms with Crippen LogP contribution < -0.4 is 81.1 Å². The molecule has 0 fully saturated rings. The third kappa shape index (κ3) is 18.2. The van der Waals surface area contributed by atoms with Crippen LogP contribution in [0.15, 0.2) is 96.5 Å². The molecule has 34 nitrogen and oxygen atoms in total. The van der Waals surface area contributed by atoms with Crippen molar-refractivity contribution in [1.82, 2.24) is 57.8 Å². The van der Waals surface area contributed by atoms with Gasteiger partial charge in [0.15, 0.2) is 18.0 Å². The number of guanidine groups is 1. The van der Waals surface area contributed by atoms with Crippen LogP contribution >= 0.6 is 0 Å². The molecule has 2 aromatic heterocycles. The number of imidazole rings is 1. The molecule has 502 valence electrons. The van der Waals surface area contributed by atoms with Crippen molar-refractivity contribution in [2.24, 2.45) is 39.6 Å². The van der Waals surface area contributed by atoms with Crippen LogP contribution in [0.2, 0.25) is 0 Å². The third-order valence-electron chi connectivity index (χ3n) is 15.8. The number of aliphatic hydroxyl groups excluding tert-OH is 2. The summed E-state index contributed by atoms with van der Waals surface area (Å²) < 4.78 is 1.41. The number of amides is 11. The maximum atomic E-state index is 15.0. The number of carboxylic acids is 1. The van der Waals surface area contributed by atoms with Crippen LogP contribution in [0, 0.1) is 5.92 Å². The molecule has 5 aromatic rings. The highest BCUT2D eigenvalue weighted by Crippen LogP contribution is 2.28. The molecule has 0 radical (unpaired) electrons. The summed E-state index contributed by atoms with van der Waals surface area (Å²) in [7, 11) is 0. The molecule has 6 bridgehead atoms. The quantitative estimate of drug-likeness (QED) is 0.0101. The minimum Gasteiger partial charge on any atom is -0.508 e. The van der Waals surface area contributed by atoms with Gasteiger partial charge in [0.05, 0.1) is 31.6 Å². The molecule has 12 atom stereocenters. The fourth-order valence-corrected chi connectivity index (χ4v) is 10.9. The Labute approximate surface area is 535 Å². The number of aromatic amines is 2. The predicted octanol–water partition coefficient (Wildman–Crippen LogP) is -6.95. The number of nitrogens with two attached hydrogens (primary N) is 5. The van der Waals surface area contributed by atoms with E-state index in [0.717, 1.165) is 0 Å². The molecular weight excluding hydrogens is 1230 g/mol.